The number of halogens is 3. The first-order chi connectivity index (χ1) is 10.1. The molecule has 5 heteroatoms. The van der Waals surface area contributed by atoms with Crippen molar-refractivity contribution in [1.29, 1.82) is 0 Å². The van der Waals surface area contributed by atoms with E-state index in [0.29, 0.717) is 20.9 Å². The third kappa shape index (κ3) is 3.08. The standard InChI is InChI=1S/C16H10Cl3NO/c17-12-5-7-15(11-4-2-1-3-10(11)12)21-9-14-13(18)6-8-16(19)20-14/h1-8H,9H2. The van der Waals surface area contributed by atoms with Crippen LogP contribution in [0, 0.1) is 0 Å². The summed E-state index contributed by atoms with van der Waals surface area (Å²) in [5.41, 5.74) is 0.600. The zero-order valence-corrected chi connectivity index (χ0v) is 13.1. The van der Waals surface area contributed by atoms with Gasteiger partial charge in [-0.25, -0.2) is 4.98 Å². The van der Waals surface area contributed by atoms with Crippen LogP contribution in [-0.2, 0) is 6.61 Å². The highest BCUT2D eigenvalue weighted by Gasteiger charge is 2.08. The molecular weight excluding hydrogens is 329 g/mol. The van der Waals surface area contributed by atoms with Crippen molar-refractivity contribution in [2.75, 3.05) is 0 Å². The van der Waals surface area contributed by atoms with Gasteiger partial charge in [0.2, 0.25) is 0 Å². The van der Waals surface area contributed by atoms with Crippen LogP contribution in [0.4, 0.5) is 0 Å². The first-order valence-corrected chi connectivity index (χ1v) is 7.39. The van der Waals surface area contributed by atoms with Gasteiger partial charge in [-0.2, -0.15) is 0 Å². The number of hydrogen-bond donors (Lipinski definition) is 0. The summed E-state index contributed by atoms with van der Waals surface area (Å²) in [6.45, 7) is 0.241. The lowest BCUT2D eigenvalue weighted by Gasteiger charge is -2.11. The summed E-state index contributed by atoms with van der Waals surface area (Å²) in [5.74, 6) is 0.729. The summed E-state index contributed by atoms with van der Waals surface area (Å²) in [6.07, 6.45) is 0. The minimum atomic E-state index is 0.241. The maximum Gasteiger partial charge on any atom is 0.132 e. The van der Waals surface area contributed by atoms with E-state index in [1.54, 1.807) is 12.1 Å². The van der Waals surface area contributed by atoms with Crippen molar-refractivity contribution < 1.29 is 4.74 Å². The van der Waals surface area contributed by atoms with Gasteiger partial charge in [0.25, 0.3) is 0 Å². The van der Waals surface area contributed by atoms with Crippen LogP contribution < -0.4 is 4.74 Å². The average molecular weight is 339 g/mol. The lowest BCUT2D eigenvalue weighted by atomic mass is 10.1. The predicted molar refractivity (Wildman–Crippen MR) is 87.5 cm³/mol. The Bertz CT molecular complexity index is 805. The van der Waals surface area contributed by atoms with Gasteiger partial charge in [0.15, 0.2) is 0 Å². The third-order valence-corrected chi connectivity index (χ3v) is 3.96. The molecule has 3 aromatic rings. The van der Waals surface area contributed by atoms with Crippen molar-refractivity contribution in [3.05, 3.63) is 69.4 Å². The summed E-state index contributed by atoms with van der Waals surface area (Å²) >= 11 is 18.1. The number of nitrogens with zero attached hydrogens (tertiary/aromatic N) is 1. The molecule has 21 heavy (non-hydrogen) atoms. The first kappa shape index (κ1) is 14.5. The molecule has 0 spiro atoms. The van der Waals surface area contributed by atoms with Crippen molar-refractivity contribution in [3.8, 4) is 5.75 Å². The molecule has 0 atom stereocenters. The molecule has 0 radical (unpaired) electrons. The Morgan fingerprint density at radius 3 is 2.33 bits per heavy atom. The number of benzene rings is 2. The second-order valence-corrected chi connectivity index (χ2v) is 5.64. The number of ether oxygens (including phenoxy) is 1. The normalized spacial score (nSPS) is 10.8. The summed E-state index contributed by atoms with van der Waals surface area (Å²) in [4.78, 5) is 4.17. The molecule has 1 aromatic heterocycles. The van der Waals surface area contributed by atoms with Gasteiger partial charge in [-0.05, 0) is 24.3 Å². The molecule has 2 nitrogen and oxygen atoms in total. The van der Waals surface area contributed by atoms with Gasteiger partial charge < -0.3 is 4.74 Å². The second-order valence-electron chi connectivity index (χ2n) is 4.44. The van der Waals surface area contributed by atoms with Gasteiger partial charge in [0, 0.05) is 15.8 Å². The van der Waals surface area contributed by atoms with Crippen molar-refractivity contribution in [2.24, 2.45) is 0 Å². The maximum atomic E-state index is 6.19. The molecule has 0 aliphatic heterocycles. The Morgan fingerprint density at radius 1 is 0.810 bits per heavy atom. The SMILES string of the molecule is Clc1ccc(Cl)c(COc2ccc(Cl)c3ccccc23)n1. The van der Waals surface area contributed by atoms with Crippen LogP contribution in [0.5, 0.6) is 5.75 Å². The molecule has 2 aromatic carbocycles. The van der Waals surface area contributed by atoms with Crippen LogP contribution in [-0.4, -0.2) is 4.98 Å². The fourth-order valence-electron chi connectivity index (χ4n) is 2.07. The Balaban J connectivity index is 1.92. The molecule has 0 fully saturated rings. The molecular formula is C16H10Cl3NO. The molecule has 1 heterocycles. The van der Waals surface area contributed by atoms with Crippen LogP contribution in [0.15, 0.2) is 48.5 Å². The highest BCUT2D eigenvalue weighted by atomic mass is 35.5. The topological polar surface area (TPSA) is 22.1 Å². The van der Waals surface area contributed by atoms with E-state index < -0.39 is 0 Å². The zero-order valence-electron chi connectivity index (χ0n) is 10.8. The smallest absolute Gasteiger partial charge is 0.132 e. The van der Waals surface area contributed by atoms with Crippen molar-refractivity contribution in [2.45, 2.75) is 6.61 Å². The Morgan fingerprint density at radius 2 is 1.52 bits per heavy atom. The fourth-order valence-corrected chi connectivity index (χ4v) is 2.62. The molecule has 0 saturated heterocycles. The zero-order chi connectivity index (χ0) is 14.8. The summed E-state index contributed by atoms with van der Waals surface area (Å²) in [6, 6.07) is 14.8. The van der Waals surface area contributed by atoms with E-state index in [2.05, 4.69) is 4.98 Å². The Hall–Kier alpha value is -1.48. The maximum absolute atomic E-state index is 6.19. The average Bonchev–Trinajstić information content (AvgIpc) is 2.50. The van der Waals surface area contributed by atoms with Crippen LogP contribution in [0.25, 0.3) is 10.8 Å². The second kappa shape index (κ2) is 6.10. The predicted octanol–water partition coefficient (Wildman–Crippen LogP) is 5.77. The lowest BCUT2D eigenvalue weighted by molar-refractivity contribution is 0.305. The van der Waals surface area contributed by atoms with E-state index in [1.165, 1.54) is 0 Å². The van der Waals surface area contributed by atoms with Gasteiger partial charge in [-0.1, -0.05) is 59.1 Å². The van der Waals surface area contributed by atoms with E-state index in [9.17, 15) is 0 Å². The number of pyridine rings is 1. The van der Waals surface area contributed by atoms with Gasteiger partial charge in [0.1, 0.15) is 17.5 Å². The Labute approximate surface area is 137 Å². The van der Waals surface area contributed by atoms with Crippen LogP contribution in [0.1, 0.15) is 5.69 Å². The Kier molecular flexibility index (Phi) is 4.20. The summed E-state index contributed by atoms with van der Waals surface area (Å²) in [5, 5.41) is 3.50. The van der Waals surface area contributed by atoms with E-state index >= 15 is 0 Å². The number of hydrogen-bond acceptors (Lipinski definition) is 2. The molecule has 0 saturated carbocycles. The van der Waals surface area contributed by atoms with Gasteiger partial charge in [-0.15, -0.1) is 0 Å². The highest BCUT2D eigenvalue weighted by Crippen LogP contribution is 2.32. The molecule has 0 N–H and O–H groups in total. The summed E-state index contributed by atoms with van der Waals surface area (Å²) < 4.78 is 5.83. The van der Waals surface area contributed by atoms with Crippen LogP contribution in [0.3, 0.4) is 0 Å². The minimum absolute atomic E-state index is 0.241. The molecule has 0 aliphatic carbocycles. The first-order valence-electron chi connectivity index (χ1n) is 6.26. The minimum Gasteiger partial charge on any atom is -0.487 e. The quantitative estimate of drug-likeness (QED) is 0.565. The number of fused-ring (bicyclic) bond motifs is 1. The van der Waals surface area contributed by atoms with E-state index in [1.807, 2.05) is 36.4 Å². The molecule has 0 bridgehead atoms. The molecule has 106 valence electrons. The van der Waals surface area contributed by atoms with E-state index in [0.717, 1.165) is 16.5 Å². The van der Waals surface area contributed by atoms with Crippen molar-refractivity contribution in [3.63, 3.8) is 0 Å². The number of aromatic nitrogens is 1. The largest absolute Gasteiger partial charge is 0.487 e. The van der Waals surface area contributed by atoms with Crippen LogP contribution >= 0.6 is 34.8 Å². The van der Waals surface area contributed by atoms with Crippen molar-refractivity contribution in [1.82, 2.24) is 4.98 Å². The molecule has 0 aliphatic rings. The van der Waals surface area contributed by atoms with Gasteiger partial charge in [-0.3, -0.25) is 0 Å². The lowest BCUT2D eigenvalue weighted by Crippen LogP contribution is -2.00. The molecule has 0 unspecified atom stereocenters. The monoisotopic (exact) mass is 337 g/mol. The van der Waals surface area contributed by atoms with Crippen molar-refractivity contribution >= 4 is 45.6 Å². The van der Waals surface area contributed by atoms with E-state index in [4.69, 9.17) is 39.5 Å². The van der Waals surface area contributed by atoms with Crippen LogP contribution in [0.2, 0.25) is 15.2 Å². The van der Waals surface area contributed by atoms with E-state index in [-0.39, 0.29) is 6.61 Å². The summed E-state index contributed by atoms with van der Waals surface area (Å²) in [7, 11) is 0. The highest BCUT2D eigenvalue weighted by molar-refractivity contribution is 6.35. The van der Waals surface area contributed by atoms with Gasteiger partial charge >= 0.3 is 0 Å². The molecule has 3 rings (SSSR count). The van der Waals surface area contributed by atoms with Gasteiger partial charge in [0.05, 0.1) is 10.7 Å². The fraction of sp³-hybridized carbons (Fsp3) is 0.0625. The molecule has 0 amide bonds. The third-order valence-electron chi connectivity index (χ3n) is 3.08. The number of rotatable bonds is 3.